The molecule has 0 spiro atoms. The van der Waals surface area contributed by atoms with Crippen LogP contribution in [0.25, 0.3) is 0 Å². The maximum atomic E-state index is 10.3. The zero-order valence-electron chi connectivity index (χ0n) is 10.6. The van der Waals surface area contributed by atoms with Crippen molar-refractivity contribution < 1.29 is 4.92 Å². The number of hydrogen-bond donors (Lipinski definition) is 1. The normalized spacial score (nSPS) is 10.0. The summed E-state index contributed by atoms with van der Waals surface area (Å²) in [6.45, 7) is 14.7. The molecule has 0 unspecified atom stereocenters. The zero-order valence-corrected chi connectivity index (χ0v) is 10.6. The lowest BCUT2D eigenvalue weighted by atomic mass is 10.3. The summed E-state index contributed by atoms with van der Waals surface area (Å²) in [5.74, 6) is 0. The van der Waals surface area contributed by atoms with Crippen LogP contribution < -0.4 is 5.73 Å². The molecular formula is C12H22N2O2. The molecule has 0 saturated heterocycles. The Labute approximate surface area is 98.0 Å². The van der Waals surface area contributed by atoms with E-state index in [1.165, 1.54) is 24.3 Å². The molecule has 4 heteroatoms. The fourth-order valence-corrected chi connectivity index (χ4v) is 0.512. The van der Waals surface area contributed by atoms with Crippen LogP contribution in [0.3, 0.4) is 0 Å². The van der Waals surface area contributed by atoms with Crippen molar-refractivity contribution in [2.24, 2.45) is 5.73 Å². The molecule has 0 aliphatic rings. The smallest absolute Gasteiger partial charge is 0.271 e. The Balaban J connectivity index is -0.000000376. The summed E-state index contributed by atoms with van der Waals surface area (Å²) in [6, 6.07) is 0. The third-order valence-corrected chi connectivity index (χ3v) is 1.05. The highest BCUT2D eigenvalue weighted by Crippen LogP contribution is 2.00. The molecule has 16 heavy (non-hydrogen) atoms. The van der Waals surface area contributed by atoms with Gasteiger partial charge in [0.05, 0.1) is 4.92 Å². The lowest BCUT2D eigenvalue weighted by Gasteiger charge is -1.91. The van der Waals surface area contributed by atoms with Crippen molar-refractivity contribution in [1.82, 2.24) is 0 Å². The van der Waals surface area contributed by atoms with E-state index in [1.54, 1.807) is 0 Å². The van der Waals surface area contributed by atoms with Gasteiger partial charge in [-0.15, -0.1) is 0 Å². The molecule has 0 atom stereocenters. The molecule has 2 N–H and O–H groups in total. The van der Waals surface area contributed by atoms with E-state index in [0.717, 1.165) is 0 Å². The maximum Gasteiger partial charge on any atom is 0.271 e. The molecule has 0 bridgehead atoms. The molecule has 0 aromatic carbocycles. The summed E-state index contributed by atoms with van der Waals surface area (Å²) < 4.78 is 0. The van der Waals surface area contributed by atoms with Crippen LogP contribution in [0.15, 0.2) is 48.9 Å². The minimum atomic E-state index is -0.544. The summed E-state index contributed by atoms with van der Waals surface area (Å²) in [5, 5.41) is 10.3. The van der Waals surface area contributed by atoms with E-state index in [-0.39, 0.29) is 11.4 Å². The van der Waals surface area contributed by atoms with Crippen LogP contribution in [0, 0.1) is 10.1 Å². The highest BCUT2D eigenvalue weighted by molar-refractivity contribution is 5.24. The molecule has 0 aromatic heterocycles. The third-order valence-electron chi connectivity index (χ3n) is 1.05. The van der Waals surface area contributed by atoms with E-state index in [4.69, 9.17) is 5.73 Å². The van der Waals surface area contributed by atoms with Crippen LogP contribution in [-0.4, -0.2) is 4.92 Å². The van der Waals surface area contributed by atoms with Gasteiger partial charge in [-0.2, -0.15) is 0 Å². The molecule has 0 heterocycles. The van der Waals surface area contributed by atoms with Gasteiger partial charge in [-0.25, -0.2) is 0 Å². The summed E-state index contributed by atoms with van der Waals surface area (Å²) >= 11 is 0. The Bertz CT molecular complexity index is 266. The SMILES string of the molecule is C=C/C=C(\C=C(\N)C=C)[N+](=O)[O-].CC.CC. The number of allylic oxidation sites excluding steroid dienone is 4. The number of nitrogens with two attached hydrogens (primary N) is 1. The first-order valence-electron chi connectivity index (χ1n) is 5.18. The molecule has 92 valence electrons. The van der Waals surface area contributed by atoms with Crippen molar-refractivity contribution in [3.8, 4) is 0 Å². The number of hydrogen-bond acceptors (Lipinski definition) is 3. The number of nitro groups is 1. The summed E-state index contributed by atoms with van der Waals surface area (Å²) in [5.41, 5.74) is 5.45. The van der Waals surface area contributed by atoms with Crippen LogP contribution in [0.5, 0.6) is 0 Å². The molecule has 0 saturated carbocycles. The molecule has 4 nitrogen and oxygen atoms in total. The second-order valence-electron chi connectivity index (χ2n) is 1.93. The van der Waals surface area contributed by atoms with E-state index in [9.17, 15) is 10.1 Å². The first kappa shape index (κ1) is 19.7. The molecule has 0 aliphatic carbocycles. The molecule has 0 amide bonds. The van der Waals surface area contributed by atoms with Crippen molar-refractivity contribution in [3.05, 3.63) is 59.0 Å². The fraction of sp³-hybridized carbons (Fsp3) is 0.333. The molecule has 0 aromatic rings. The van der Waals surface area contributed by atoms with Gasteiger partial charge >= 0.3 is 0 Å². The number of rotatable bonds is 4. The number of nitrogens with zero attached hydrogens (tertiary/aromatic N) is 1. The quantitative estimate of drug-likeness (QED) is 0.453. The predicted octanol–water partition coefficient (Wildman–Crippen LogP) is 3.41. The predicted molar refractivity (Wildman–Crippen MR) is 70.4 cm³/mol. The van der Waals surface area contributed by atoms with Gasteiger partial charge < -0.3 is 5.73 Å². The van der Waals surface area contributed by atoms with Gasteiger partial charge in [0, 0.05) is 17.8 Å². The van der Waals surface area contributed by atoms with E-state index in [1.807, 2.05) is 27.7 Å². The van der Waals surface area contributed by atoms with E-state index < -0.39 is 4.92 Å². The average Bonchev–Trinajstić information content (AvgIpc) is 2.33. The third kappa shape index (κ3) is 12.2. The monoisotopic (exact) mass is 226 g/mol. The van der Waals surface area contributed by atoms with Crippen molar-refractivity contribution in [2.75, 3.05) is 0 Å². The van der Waals surface area contributed by atoms with Gasteiger partial charge in [0.1, 0.15) is 0 Å². The van der Waals surface area contributed by atoms with Gasteiger partial charge in [-0.05, 0) is 6.08 Å². The summed E-state index contributed by atoms with van der Waals surface area (Å²) in [6.07, 6.45) is 5.14. The van der Waals surface area contributed by atoms with Crippen molar-refractivity contribution >= 4 is 0 Å². The van der Waals surface area contributed by atoms with Crippen molar-refractivity contribution in [3.63, 3.8) is 0 Å². The van der Waals surface area contributed by atoms with Crippen LogP contribution in [0.4, 0.5) is 0 Å². The Morgan fingerprint density at radius 1 is 1.25 bits per heavy atom. The first-order chi connectivity index (χ1) is 7.61. The Hall–Kier alpha value is -1.84. The van der Waals surface area contributed by atoms with Crippen LogP contribution in [0.2, 0.25) is 0 Å². The van der Waals surface area contributed by atoms with Gasteiger partial charge in [-0.1, -0.05) is 46.9 Å². The fourth-order valence-electron chi connectivity index (χ4n) is 0.512. The van der Waals surface area contributed by atoms with Crippen LogP contribution in [-0.2, 0) is 0 Å². The lowest BCUT2D eigenvalue weighted by molar-refractivity contribution is -0.419. The van der Waals surface area contributed by atoms with E-state index in [2.05, 4.69) is 13.2 Å². The molecule has 0 rings (SSSR count). The summed E-state index contributed by atoms with van der Waals surface area (Å²) in [4.78, 5) is 9.75. The molecule has 0 fully saturated rings. The molecular weight excluding hydrogens is 204 g/mol. The van der Waals surface area contributed by atoms with Crippen molar-refractivity contribution in [1.29, 1.82) is 0 Å². The van der Waals surface area contributed by atoms with Gasteiger partial charge in [0.2, 0.25) is 0 Å². The lowest BCUT2D eigenvalue weighted by Crippen LogP contribution is -1.99. The van der Waals surface area contributed by atoms with Gasteiger partial charge in [0.15, 0.2) is 0 Å². The minimum absolute atomic E-state index is 0.109. The highest BCUT2D eigenvalue weighted by atomic mass is 16.6. The van der Waals surface area contributed by atoms with Crippen molar-refractivity contribution in [2.45, 2.75) is 27.7 Å². The zero-order chi connectivity index (χ0) is 13.6. The van der Waals surface area contributed by atoms with Gasteiger partial charge in [-0.3, -0.25) is 10.1 Å². The van der Waals surface area contributed by atoms with E-state index >= 15 is 0 Å². The van der Waals surface area contributed by atoms with Crippen LogP contribution in [0.1, 0.15) is 27.7 Å². The highest BCUT2D eigenvalue weighted by Gasteiger charge is 2.04. The Morgan fingerprint density at radius 2 is 1.69 bits per heavy atom. The largest absolute Gasteiger partial charge is 0.399 e. The molecule has 0 radical (unpaired) electrons. The topological polar surface area (TPSA) is 69.2 Å². The standard InChI is InChI=1S/C8H10N2O2.2C2H6/c1-3-5-8(10(11)12)6-7(9)4-2;2*1-2/h3-6H,1-2,9H2;2*1-2H3/b7-6+,8-5+;;. The maximum absolute atomic E-state index is 10.3. The second kappa shape index (κ2) is 15.6. The Morgan fingerprint density at radius 3 is 1.94 bits per heavy atom. The summed E-state index contributed by atoms with van der Waals surface area (Å²) in [7, 11) is 0. The van der Waals surface area contributed by atoms with Crippen LogP contribution >= 0.6 is 0 Å². The minimum Gasteiger partial charge on any atom is -0.399 e. The van der Waals surface area contributed by atoms with E-state index in [0.29, 0.717) is 0 Å². The second-order valence-corrected chi connectivity index (χ2v) is 1.93. The van der Waals surface area contributed by atoms with Gasteiger partial charge in [0.25, 0.3) is 5.70 Å². The average molecular weight is 226 g/mol. The molecule has 0 aliphatic heterocycles. The Kier molecular flexibility index (Phi) is 19.2. The first-order valence-corrected chi connectivity index (χ1v) is 5.18.